The number of thioether (sulfide) groups is 1. The van der Waals surface area contributed by atoms with E-state index in [0.29, 0.717) is 18.1 Å². The molecule has 0 aliphatic carbocycles. The molecule has 3 heteroatoms. The van der Waals surface area contributed by atoms with E-state index in [1.54, 1.807) is 12.5 Å². The predicted octanol–water partition coefficient (Wildman–Crippen LogP) is 2.92. The van der Waals surface area contributed by atoms with Crippen LogP contribution in [0.3, 0.4) is 0 Å². The first-order chi connectivity index (χ1) is 7.34. The molecule has 0 radical (unpaired) electrons. The van der Waals surface area contributed by atoms with E-state index >= 15 is 0 Å². The summed E-state index contributed by atoms with van der Waals surface area (Å²) >= 11 is 2.00. The molecule has 2 nitrogen and oxygen atoms in total. The molecule has 0 spiro atoms. The maximum atomic E-state index is 11.7. The molecule has 1 aromatic rings. The van der Waals surface area contributed by atoms with Crippen LogP contribution in [0.15, 0.2) is 23.0 Å². The van der Waals surface area contributed by atoms with Crippen LogP contribution in [-0.2, 0) is 11.2 Å². The number of rotatable bonds is 4. The Labute approximate surface area is 94.4 Å². The summed E-state index contributed by atoms with van der Waals surface area (Å²) in [6.45, 7) is 0. The van der Waals surface area contributed by atoms with Gasteiger partial charge in [0.2, 0.25) is 0 Å². The van der Waals surface area contributed by atoms with Gasteiger partial charge in [-0.05, 0) is 41.9 Å². The third-order valence-corrected chi connectivity index (χ3v) is 3.89. The quantitative estimate of drug-likeness (QED) is 0.787. The Morgan fingerprint density at radius 1 is 1.47 bits per heavy atom. The summed E-state index contributed by atoms with van der Waals surface area (Å²) in [5.41, 5.74) is 1.00. The highest BCUT2D eigenvalue weighted by atomic mass is 32.2. The van der Waals surface area contributed by atoms with Crippen molar-refractivity contribution in [3.63, 3.8) is 0 Å². The van der Waals surface area contributed by atoms with E-state index in [1.807, 2.05) is 17.8 Å². The molecule has 0 atom stereocenters. The number of Topliss-reactive ketones (excluding diaryl/α,β-unsaturated/α-hetero) is 1. The Morgan fingerprint density at radius 2 is 2.27 bits per heavy atom. The summed E-state index contributed by atoms with van der Waals surface area (Å²) in [6, 6.07) is 1.87. The first kappa shape index (κ1) is 10.8. The highest BCUT2D eigenvalue weighted by molar-refractivity contribution is 7.99. The van der Waals surface area contributed by atoms with Crippen LogP contribution in [0.2, 0.25) is 0 Å². The minimum atomic E-state index is 0.355. The molecule has 0 saturated carbocycles. The zero-order valence-corrected chi connectivity index (χ0v) is 9.59. The lowest BCUT2D eigenvalue weighted by Gasteiger charge is -2.20. The molecule has 1 saturated heterocycles. The lowest BCUT2D eigenvalue weighted by molar-refractivity contribution is -0.119. The molecule has 0 aromatic carbocycles. The lowest BCUT2D eigenvalue weighted by atomic mass is 9.94. The topological polar surface area (TPSA) is 30.2 Å². The molecular weight excluding hydrogens is 208 g/mol. The van der Waals surface area contributed by atoms with Crippen molar-refractivity contribution in [1.82, 2.24) is 0 Å². The van der Waals surface area contributed by atoms with Crippen LogP contribution in [0.5, 0.6) is 0 Å². The number of furan rings is 1. The molecule has 1 aliphatic rings. The van der Waals surface area contributed by atoms with Crippen LogP contribution in [0, 0.1) is 5.92 Å². The summed E-state index contributed by atoms with van der Waals surface area (Å²) < 4.78 is 4.95. The Bertz CT molecular complexity index is 299. The van der Waals surface area contributed by atoms with Crippen molar-refractivity contribution < 1.29 is 9.21 Å². The van der Waals surface area contributed by atoms with Gasteiger partial charge in [-0.1, -0.05) is 0 Å². The second-order valence-corrected chi connectivity index (χ2v) is 5.33. The zero-order chi connectivity index (χ0) is 10.5. The fourth-order valence-electron chi connectivity index (χ4n) is 1.97. The summed E-state index contributed by atoms with van der Waals surface area (Å²) in [5.74, 6) is 3.44. The minimum Gasteiger partial charge on any atom is -0.472 e. The Balaban J connectivity index is 1.76. The monoisotopic (exact) mass is 224 g/mol. The fraction of sp³-hybridized carbons (Fsp3) is 0.583. The van der Waals surface area contributed by atoms with Gasteiger partial charge in [0.05, 0.1) is 12.5 Å². The average Bonchev–Trinajstić information content (AvgIpc) is 2.71. The number of hydrogen-bond donors (Lipinski definition) is 0. The number of carbonyl (C=O) groups excluding carboxylic acids is 1. The largest absolute Gasteiger partial charge is 0.472 e. The highest BCUT2D eigenvalue weighted by Gasteiger charge is 2.17. The summed E-state index contributed by atoms with van der Waals surface area (Å²) in [4.78, 5) is 11.7. The van der Waals surface area contributed by atoms with Gasteiger partial charge in [-0.2, -0.15) is 11.8 Å². The summed E-state index contributed by atoms with van der Waals surface area (Å²) in [5, 5.41) is 0. The van der Waals surface area contributed by atoms with Crippen molar-refractivity contribution in [2.75, 3.05) is 11.5 Å². The number of hydrogen-bond acceptors (Lipinski definition) is 3. The molecule has 1 fully saturated rings. The normalized spacial score (nSPS) is 17.9. The second kappa shape index (κ2) is 5.40. The van der Waals surface area contributed by atoms with Crippen molar-refractivity contribution in [2.24, 2.45) is 5.92 Å². The number of ketones is 1. The van der Waals surface area contributed by atoms with E-state index in [9.17, 15) is 4.79 Å². The van der Waals surface area contributed by atoms with Crippen molar-refractivity contribution >= 4 is 17.5 Å². The van der Waals surface area contributed by atoms with Crippen molar-refractivity contribution in [3.8, 4) is 0 Å². The molecule has 1 aliphatic heterocycles. The van der Waals surface area contributed by atoms with Crippen molar-refractivity contribution in [3.05, 3.63) is 24.2 Å². The van der Waals surface area contributed by atoms with Gasteiger partial charge in [0.1, 0.15) is 5.78 Å². The fourth-order valence-corrected chi connectivity index (χ4v) is 3.17. The smallest absolute Gasteiger partial charge is 0.137 e. The molecule has 1 aromatic heterocycles. The second-order valence-electron chi connectivity index (χ2n) is 4.11. The van der Waals surface area contributed by atoms with Gasteiger partial charge in [0.25, 0.3) is 0 Å². The van der Waals surface area contributed by atoms with Gasteiger partial charge in [-0.15, -0.1) is 0 Å². The third-order valence-electron chi connectivity index (χ3n) is 2.84. The zero-order valence-electron chi connectivity index (χ0n) is 8.78. The van der Waals surface area contributed by atoms with Gasteiger partial charge in [-0.25, -0.2) is 0 Å². The van der Waals surface area contributed by atoms with Gasteiger partial charge in [-0.3, -0.25) is 4.79 Å². The van der Waals surface area contributed by atoms with E-state index in [-0.39, 0.29) is 0 Å². The average molecular weight is 224 g/mol. The molecule has 0 bridgehead atoms. The van der Waals surface area contributed by atoms with Crippen LogP contribution < -0.4 is 0 Å². The predicted molar refractivity (Wildman–Crippen MR) is 62.1 cm³/mol. The van der Waals surface area contributed by atoms with Gasteiger partial charge in [0.15, 0.2) is 0 Å². The van der Waals surface area contributed by atoms with E-state index in [1.165, 1.54) is 24.3 Å². The Morgan fingerprint density at radius 3 is 2.93 bits per heavy atom. The molecule has 0 N–H and O–H groups in total. The maximum absolute atomic E-state index is 11.7. The SMILES string of the molecule is O=C(Cc1ccoc1)CC1CCSCC1. The molecule has 82 valence electrons. The minimum absolute atomic E-state index is 0.355. The Hall–Kier alpha value is -0.700. The molecule has 2 heterocycles. The first-order valence-corrected chi connectivity index (χ1v) is 6.60. The van der Waals surface area contributed by atoms with Crippen LogP contribution in [0.1, 0.15) is 24.8 Å². The van der Waals surface area contributed by atoms with Crippen LogP contribution in [0.25, 0.3) is 0 Å². The number of carbonyl (C=O) groups is 1. The summed E-state index contributed by atoms with van der Waals surface area (Å²) in [7, 11) is 0. The molecular formula is C12H16O2S. The van der Waals surface area contributed by atoms with E-state index in [0.717, 1.165) is 12.0 Å². The Kier molecular flexibility index (Phi) is 3.89. The molecule has 0 amide bonds. The van der Waals surface area contributed by atoms with Gasteiger partial charge < -0.3 is 4.42 Å². The maximum Gasteiger partial charge on any atom is 0.137 e. The third kappa shape index (κ3) is 3.42. The highest BCUT2D eigenvalue weighted by Crippen LogP contribution is 2.25. The van der Waals surface area contributed by atoms with Gasteiger partial charge in [0, 0.05) is 12.8 Å². The van der Waals surface area contributed by atoms with E-state index in [2.05, 4.69) is 0 Å². The van der Waals surface area contributed by atoms with Gasteiger partial charge >= 0.3 is 0 Å². The van der Waals surface area contributed by atoms with Crippen LogP contribution >= 0.6 is 11.8 Å². The lowest BCUT2D eigenvalue weighted by Crippen LogP contribution is -2.15. The first-order valence-electron chi connectivity index (χ1n) is 5.45. The standard InChI is InChI=1S/C12H16O2S/c13-12(8-11-1-4-14-9-11)7-10-2-5-15-6-3-10/h1,4,9-10H,2-3,5-8H2. The van der Waals surface area contributed by atoms with E-state index < -0.39 is 0 Å². The van der Waals surface area contributed by atoms with Crippen molar-refractivity contribution in [1.29, 1.82) is 0 Å². The van der Waals surface area contributed by atoms with Crippen LogP contribution in [0.4, 0.5) is 0 Å². The summed E-state index contributed by atoms with van der Waals surface area (Å²) in [6.07, 6.45) is 7.00. The molecule has 0 unspecified atom stereocenters. The molecule has 2 rings (SSSR count). The molecule has 15 heavy (non-hydrogen) atoms. The van der Waals surface area contributed by atoms with Crippen LogP contribution in [-0.4, -0.2) is 17.3 Å². The van der Waals surface area contributed by atoms with E-state index in [4.69, 9.17) is 4.42 Å². The van der Waals surface area contributed by atoms with Crippen molar-refractivity contribution in [2.45, 2.75) is 25.7 Å².